The third-order valence-electron chi connectivity index (χ3n) is 1.16. The molecule has 0 bridgehead atoms. The second-order valence-corrected chi connectivity index (χ2v) is 2.80. The van der Waals surface area contributed by atoms with Gasteiger partial charge in [-0.25, -0.2) is 4.39 Å². The van der Waals surface area contributed by atoms with Crippen molar-refractivity contribution < 1.29 is 4.39 Å². The van der Waals surface area contributed by atoms with Crippen molar-refractivity contribution >= 4 is 23.2 Å². The predicted molar refractivity (Wildman–Crippen MR) is 49.0 cm³/mol. The van der Waals surface area contributed by atoms with Crippen LogP contribution in [-0.2, 0) is 0 Å². The van der Waals surface area contributed by atoms with E-state index in [0.717, 1.165) is 0 Å². The van der Waals surface area contributed by atoms with Crippen LogP contribution >= 0.6 is 23.2 Å². The number of rotatable bonds is 0. The van der Waals surface area contributed by atoms with Crippen LogP contribution in [0.2, 0.25) is 5.02 Å². The Morgan fingerprint density at radius 1 is 1.33 bits per heavy atom. The Morgan fingerprint density at radius 2 is 2.08 bits per heavy atom. The van der Waals surface area contributed by atoms with Gasteiger partial charge >= 0.3 is 0 Å². The maximum atomic E-state index is 12.7. The summed E-state index contributed by atoms with van der Waals surface area (Å²) in [5, 5.41) is 0.342. The normalized spacial score (nSPS) is 8.92. The fourth-order valence-electron chi connectivity index (χ4n) is 0.761. The molecule has 0 saturated carbocycles. The van der Waals surface area contributed by atoms with Crippen LogP contribution < -0.4 is 0 Å². The Bertz CT molecular complexity index is 316. The first-order valence-electron chi connectivity index (χ1n) is 3.23. The first-order valence-corrected chi connectivity index (χ1v) is 4.14. The van der Waals surface area contributed by atoms with Crippen LogP contribution in [0.1, 0.15) is 5.56 Å². The molecule has 1 rings (SSSR count). The molecule has 0 radical (unpaired) electrons. The molecule has 0 heterocycles. The summed E-state index contributed by atoms with van der Waals surface area (Å²) in [5.74, 6) is 5.12. The van der Waals surface area contributed by atoms with Gasteiger partial charge in [-0.2, -0.15) is 0 Å². The van der Waals surface area contributed by atoms with E-state index in [-0.39, 0.29) is 11.7 Å². The van der Waals surface area contributed by atoms with Crippen LogP contribution in [0, 0.1) is 17.7 Å². The molecule has 1 aromatic rings. The van der Waals surface area contributed by atoms with Gasteiger partial charge in [-0.15, -0.1) is 11.6 Å². The van der Waals surface area contributed by atoms with Crippen molar-refractivity contribution in [2.75, 3.05) is 5.88 Å². The highest BCUT2D eigenvalue weighted by Crippen LogP contribution is 2.12. The Balaban J connectivity index is 3.01. The predicted octanol–water partition coefficient (Wildman–Crippen LogP) is 3.07. The highest BCUT2D eigenvalue weighted by atomic mass is 35.5. The Kier molecular flexibility index (Phi) is 3.40. The maximum Gasteiger partial charge on any atom is 0.125 e. The van der Waals surface area contributed by atoms with Crippen molar-refractivity contribution in [3.05, 3.63) is 34.6 Å². The van der Waals surface area contributed by atoms with E-state index in [1.807, 2.05) is 0 Å². The molecule has 0 N–H and O–H groups in total. The van der Waals surface area contributed by atoms with Crippen molar-refractivity contribution in [3.8, 4) is 11.8 Å². The molecule has 1 aromatic carbocycles. The Labute approximate surface area is 80.3 Å². The van der Waals surface area contributed by atoms with Crippen LogP contribution in [0.25, 0.3) is 0 Å². The quantitative estimate of drug-likeness (QED) is 0.449. The lowest BCUT2D eigenvalue weighted by Crippen LogP contribution is -1.79. The first-order chi connectivity index (χ1) is 5.72. The molecule has 3 heteroatoms. The van der Waals surface area contributed by atoms with E-state index < -0.39 is 0 Å². The number of hydrogen-bond donors (Lipinski definition) is 0. The minimum Gasteiger partial charge on any atom is -0.207 e. The second kappa shape index (κ2) is 4.35. The summed E-state index contributed by atoms with van der Waals surface area (Å²) < 4.78 is 12.7. The number of alkyl halides is 1. The lowest BCUT2D eigenvalue weighted by atomic mass is 10.2. The van der Waals surface area contributed by atoms with Crippen molar-refractivity contribution in [1.29, 1.82) is 0 Å². The van der Waals surface area contributed by atoms with E-state index in [4.69, 9.17) is 23.2 Å². The molecule has 0 unspecified atom stereocenters. The van der Waals surface area contributed by atoms with E-state index in [9.17, 15) is 4.39 Å². The number of hydrogen-bond acceptors (Lipinski definition) is 0. The topological polar surface area (TPSA) is 0 Å². The Hall–Kier alpha value is -0.710. The molecule has 0 fully saturated rings. The van der Waals surface area contributed by atoms with Crippen molar-refractivity contribution in [1.82, 2.24) is 0 Å². The fraction of sp³-hybridized carbons (Fsp3) is 0.111. The SMILES string of the molecule is Fc1cc(Cl)cc(C#CCCl)c1. The van der Waals surface area contributed by atoms with Crippen LogP contribution in [0.3, 0.4) is 0 Å². The highest BCUT2D eigenvalue weighted by Gasteiger charge is 1.95. The maximum absolute atomic E-state index is 12.7. The van der Waals surface area contributed by atoms with Crippen LogP contribution in [-0.4, -0.2) is 5.88 Å². The van der Waals surface area contributed by atoms with Gasteiger partial charge in [0.15, 0.2) is 0 Å². The van der Waals surface area contributed by atoms with Crippen LogP contribution in [0.5, 0.6) is 0 Å². The standard InChI is InChI=1S/C9H5Cl2F/c10-3-1-2-7-4-8(11)6-9(12)5-7/h4-6H,3H2. The summed E-state index contributed by atoms with van der Waals surface area (Å²) in [4.78, 5) is 0. The molecule has 0 saturated heterocycles. The smallest absolute Gasteiger partial charge is 0.125 e. The van der Waals surface area contributed by atoms with Gasteiger partial charge in [0.1, 0.15) is 5.82 Å². The van der Waals surface area contributed by atoms with Gasteiger partial charge in [0.25, 0.3) is 0 Å². The molecule has 0 aliphatic rings. The van der Waals surface area contributed by atoms with Crippen LogP contribution in [0.15, 0.2) is 18.2 Å². The summed E-state index contributed by atoms with van der Waals surface area (Å²) >= 11 is 10.9. The highest BCUT2D eigenvalue weighted by molar-refractivity contribution is 6.30. The first kappa shape index (κ1) is 9.38. The van der Waals surface area contributed by atoms with Crippen molar-refractivity contribution in [2.24, 2.45) is 0 Å². The largest absolute Gasteiger partial charge is 0.207 e. The van der Waals surface area contributed by atoms with E-state index in [2.05, 4.69) is 11.8 Å². The number of benzene rings is 1. The van der Waals surface area contributed by atoms with Crippen molar-refractivity contribution in [2.45, 2.75) is 0 Å². The van der Waals surface area contributed by atoms with Crippen molar-refractivity contribution in [3.63, 3.8) is 0 Å². The van der Waals surface area contributed by atoms with Gasteiger partial charge in [0, 0.05) is 10.6 Å². The average molecular weight is 203 g/mol. The molecule has 62 valence electrons. The minimum absolute atomic E-state index is 0.230. The molecule has 0 spiro atoms. The molecule has 0 aromatic heterocycles. The lowest BCUT2D eigenvalue weighted by Gasteiger charge is -1.92. The monoisotopic (exact) mass is 202 g/mol. The third kappa shape index (κ3) is 2.73. The fourth-order valence-corrected chi connectivity index (χ4v) is 1.05. The number of halogens is 3. The zero-order valence-electron chi connectivity index (χ0n) is 6.07. The molecular weight excluding hydrogens is 198 g/mol. The van der Waals surface area contributed by atoms with E-state index in [1.54, 1.807) is 6.07 Å². The molecule has 0 aliphatic heterocycles. The van der Waals surface area contributed by atoms with E-state index in [0.29, 0.717) is 10.6 Å². The zero-order chi connectivity index (χ0) is 8.97. The van der Waals surface area contributed by atoms with Crippen LogP contribution in [0.4, 0.5) is 4.39 Å². The molecular formula is C9H5Cl2F. The lowest BCUT2D eigenvalue weighted by molar-refractivity contribution is 0.627. The summed E-state index contributed by atoms with van der Waals surface area (Å²) in [6.07, 6.45) is 0. The summed E-state index contributed by atoms with van der Waals surface area (Å²) in [5.41, 5.74) is 0.542. The molecule has 12 heavy (non-hydrogen) atoms. The molecule has 0 amide bonds. The van der Waals surface area contributed by atoms with Gasteiger partial charge in [-0.3, -0.25) is 0 Å². The average Bonchev–Trinajstić information content (AvgIpc) is 1.99. The van der Waals surface area contributed by atoms with Gasteiger partial charge < -0.3 is 0 Å². The molecule has 0 aliphatic carbocycles. The van der Waals surface area contributed by atoms with E-state index >= 15 is 0 Å². The summed E-state index contributed by atoms with van der Waals surface area (Å²) in [7, 11) is 0. The van der Waals surface area contributed by atoms with Gasteiger partial charge in [-0.1, -0.05) is 23.4 Å². The van der Waals surface area contributed by atoms with Gasteiger partial charge in [-0.05, 0) is 18.2 Å². The minimum atomic E-state index is -0.388. The third-order valence-corrected chi connectivity index (χ3v) is 1.51. The van der Waals surface area contributed by atoms with Gasteiger partial charge in [0.2, 0.25) is 0 Å². The Morgan fingerprint density at radius 3 is 2.67 bits per heavy atom. The molecule has 0 nitrogen and oxygen atoms in total. The summed E-state index contributed by atoms with van der Waals surface area (Å²) in [6, 6.07) is 4.13. The van der Waals surface area contributed by atoms with E-state index in [1.165, 1.54) is 12.1 Å². The zero-order valence-corrected chi connectivity index (χ0v) is 7.58. The second-order valence-electron chi connectivity index (χ2n) is 2.09. The van der Waals surface area contributed by atoms with Gasteiger partial charge in [0.05, 0.1) is 5.88 Å². The molecule has 0 atom stereocenters. The summed E-state index contributed by atoms with van der Waals surface area (Å²) in [6.45, 7) is 0.